The van der Waals surface area contributed by atoms with Gasteiger partial charge in [0.15, 0.2) is 22.1 Å². The third-order valence-electron chi connectivity index (χ3n) is 3.68. The van der Waals surface area contributed by atoms with Crippen LogP contribution >= 0.6 is 0 Å². The molecule has 3 rings (SSSR count). The standard InChI is InChI=1S/C17H16N4O5S/c1-11-15(16-18-8-3-9-21(16)20-11)17(23)26-10-14(22)19-12-4-6-13(7-5-12)27(2,24)25/h3-9H,10H2,1-2H3,(H,19,22). The van der Waals surface area contributed by atoms with Gasteiger partial charge in [0, 0.05) is 24.3 Å². The average molecular weight is 388 g/mol. The lowest BCUT2D eigenvalue weighted by Gasteiger charge is -2.07. The van der Waals surface area contributed by atoms with E-state index in [4.69, 9.17) is 4.74 Å². The van der Waals surface area contributed by atoms with Crippen LogP contribution in [0.1, 0.15) is 16.1 Å². The molecule has 10 heteroatoms. The first kappa shape index (κ1) is 18.5. The molecule has 0 aliphatic rings. The van der Waals surface area contributed by atoms with Gasteiger partial charge in [0.05, 0.1) is 10.6 Å². The first-order chi connectivity index (χ1) is 12.8. The Kier molecular flexibility index (Phi) is 4.91. The van der Waals surface area contributed by atoms with Crippen molar-refractivity contribution < 1.29 is 22.7 Å². The molecular formula is C17H16N4O5S. The van der Waals surface area contributed by atoms with Crippen molar-refractivity contribution in [2.75, 3.05) is 18.2 Å². The summed E-state index contributed by atoms with van der Waals surface area (Å²) in [6.07, 6.45) is 4.27. The van der Waals surface area contributed by atoms with E-state index in [0.717, 1.165) is 6.26 Å². The number of rotatable bonds is 5. The molecule has 0 spiro atoms. The smallest absolute Gasteiger partial charge is 0.344 e. The summed E-state index contributed by atoms with van der Waals surface area (Å²) in [5, 5.41) is 6.69. The van der Waals surface area contributed by atoms with E-state index < -0.39 is 28.3 Å². The molecule has 1 aromatic carbocycles. The van der Waals surface area contributed by atoms with Crippen molar-refractivity contribution in [3.8, 4) is 0 Å². The van der Waals surface area contributed by atoms with Crippen molar-refractivity contribution in [2.45, 2.75) is 11.8 Å². The van der Waals surface area contributed by atoms with E-state index in [1.807, 2.05) is 0 Å². The van der Waals surface area contributed by atoms with Crippen LogP contribution in [0.2, 0.25) is 0 Å². The van der Waals surface area contributed by atoms with E-state index in [-0.39, 0.29) is 10.5 Å². The molecule has 0 aliphatic carbocycles. The van der Waals surface area contributed by atoms with E-state index in [1.54, 1.807) is 19.2 Å². The largest absolute Gasteiger partial charge is 0.452 e. The van der Waals surface area contributed by atoms with Crippen molar-refractivity contribution in [3.05, 3.63) is 54.0 Å². The van der Waals surface area contributed by atoms with Crippen LogP contribution in [0.5, 0.6) is 0 Å². The summed E-state index contributed by atoms with van der Waals surface area (Å²) in [6, 6.07) is 7.35. The number of ether oxygens (including phenoxy) is 1. The van der Waals surface area contributed by atoms with Crippen LogP contribution in [0.15, 0.2) is 47.6 Å². The average Bonchev–Trinajstić information content (AvgIpc) is 2.95. The lowest BCUT2D eigenvalue weighted by molar-refractivity contribution is -0.119. The number of sulfone groups is 1. The van der Waals surface area contributed by atoms with Gasteiger partial charge in [-0.25, -0.2) is 22.7 Å². The number of hydrogen-bond donors (Lipinski definition) is 1. The number of aromatic nitrogens is 3. The summed E-state index contributed by atoms with van der Waals surface area (Å²) in [5.41, 5.74) is 1.37. The Balaban J connectivity index is 1.63. The summed E-state index contributed by atoms with van der Waals surface area (Å²) >= 11 is 0. The highest BCUT2D eigenvalue weighted by Crippen LogP contribution is 2.15. The third kappa shape index (κ3) is 4.11. The third-order valence-corrected chi connectivity index (χ3v) is 4.80. The summed E-state index contributed by atoms with van der Waals surface area (Å²) in [7, 11) is -3.31. The van der Waals surface area contributed by atoms with Crippen molar-refractivity contribution in [1.29, 1.82) is 0 Å². The Morgan fingerprint density at radius 3 is 2.59 bits per heavy atom. The molecule has 140 valence electrons. The highest BCUT2D eigenvalue weighted by molar-refractivity contribution is 7.90. The normalized spacial score (nSPS) is 11.3. The van der Waals surface area contributed by atoms with Gasteiger partial charge >= 0.3 is 5.97 Å². The fraction of sp³-hybridized carbons (Fsp3) is 0.176. The Labute approximate surface area is 154 Å². The molecule has 9 nitrogen and oxygen atoms in total. The monoisotopic (exact) mass is 388 g/mol. The van der Waals surface area contributed by atoms with Crippen molar-refractivity contribution in [3.63, 3.8) is 0 Å². The van der Waals surface area contributed by atoms with Crippen molar-refractivity contribution >= 4 is 33.0 Å². The molecule has 0 bridgehead atoms. The molecule has 27 heavy (non-hydrogen) atoms. The maximum atomic E-state index is 12.3. The first-order valence-electron chi connectivity index (χ1n) is 7.83. The van der Waals surface area contributed by atoms with Gasteiger partial charge in [0.1, 0.15) is 5.56 Å². The van der Waals surface area contributed by atoms with Gasteiger partial charge in [0.25, 0.3) is 5.91 Å². The van der Waals surface area contributed by atoms with Gasteiger partial charge in [0.2, 0.25) is 0 Å². The second kappa shape index (κ2) is 7.16. The number of anilines is 1. The van der Waals surface area contributed by atoms with Gasteiger partial charge in [-0.05, 0) is 37.3 Å². The molecule has 0 aliphatic heterocycles. The maximum absolute atomic E-state index is 12.3. The van der Waals surface area contributed by atoms with E-state index in [9.17, 15) is 18.0 Å². The number of nitrogens with one attached hydrogen (secondary N) is 1. The fourth-order valence-electron chi connectivity index (χ4n) is 2.42. The Morgan fingerprint density at radius 1 is 1.22 bits per heavy atom. The maximum Gasteiger partial charge on any atom is 0.344 e. The lowest BCUT2D eigenvalue weighted by atomic mass is 10.2. The van der Waals surface area contributed by atoms with Crippen LogP contribution in [0, 0.1) is 6.92 Å². The molecule has 2 aromatic heterocycles. The van der Waals surface area contributed by atoms with Crippen LogP contribution in [0.3, 0.4) is 0 Å². The Morgan fingerprint density at radius 2 is 1.93 bits per heavy atom. The van der Waals surface area contributed by atoms with E-state index >= 15 is 0 Å². The minimum Gasteiger partial charge on any atom is -0.452 e. The molecule has 0 atom stereocenters. The quantitative estimate of drug-likeness (QED) is 0.653. The van der Waals surface area contributed by atoms with E-state index in [2.05, 4.69) is 15.4 Å². The molecule has 0 saturated carbocycles. The predicted octanol–water partition coefficient (Wildman–Crippen LogP) is 1.24. The highest BCUT2D eigenvalue weighted by Gasteiger charge is 2.20. The fourth-order valence-corrected chi connectivity index (χ4v) is 3.05. The number of nitrogens with zero attached hydrogens (tertiary/aromatic N) is 3. The van der Waals surface area contributed by atoms with Gasteiger partial charge in [-0.1, -0.05) is 0 Å². The zero-order valence-corrected chi connectivity index (χ0v) is 15.4. The zero-order valence-electron chi connectivity index (χ0n) is 14.5. The number of esters is 1. The van der Waals surface area contributed by atoms with Crippen LogP contribution in [-0.2, 0) is 19.4 Å². The minimum atomic E-state index is -3.31. The van der Waals surface area contributed by atoms with Gasteiger partial charge in [-0.3, -0.25) is 4.79 Å². The topological polar surface area (TPSA) is 120 Å². The highest BCUT2D eigenvalue weighted by atomic mass is 32.2. The predicted molar refractivity (Wildman–Crippen MR) is 96.2 cm³/mol. The van der Waals surface area contributed by atoms with Crippen LogP contribution in [0.4, 0.5) is 5.69 Å². The van der Waals surface area contributed by atoms with Crippen molar-refractivity contribution in [1.82, 2.24) is 14.6 Å². The summed E-state index contributed by atoms with van der Waals surface area (Å²) < 4.78 is 29.3. The zero-order chi connectivity index (χ0) is 19.6. The second-order valence-corrected chi connectivity index (χ2v) is 7.78. The van der Waals surface area contributed by atoms with Gasteiger partial charge in [-0.15, -0.1) is 0 Å². The van der Waals surface area contributed by atoms with Gasteiger partial charge in [-0.2, -0.15) is 5.10 Å². The number of fused-ring (bicyclic) bond motifs is 1. The Bertz CT molecular complexity index is 1120. The molecule has 0 unspecified atom stereocenters. The van der Waals surface area contributed by atoms with E-state index in [1.165, 1.54) is 35.0 Å². The number of amides is 1. The number of carbonyl (C=O) groups is 2. The molecule has 1 N–H and O–H groups in total. The minimum absolute atomic E-state index is 0.142. The molecule has 1 amide bonds. The molecule has 0 radical (unpaired) electrons. The molecule has 2 heterocycles. The van der Waals surface area contributed by atoms with Crippen LogP contribution in [0.25, 0.3) is 5.65 Å². The molecule has 0 fully saturated rings. The number of aryl methyl sites for hydroxylation is 1. The van der Waals surface area contributed by atoms with Gasteiger partial charge < -0.3 is 10.1 Å². The molecule has 0 saturated heterocycles. The Hall–Kier alpha value is -3.27. The summed E-state index contributed by atoms with van der Waals surface area (Å²) in [6.45, 7) is 1.14. The van der Waals surface area contributed by atoms with Crippen LogP contribution < -0.4 is 5.32 Å². The summed E-state index contributed by atoms with van der Waals surface area (Å²) in [4.78, 5) is 28.5. The number of carbonyl (C=O) groups excluding carboxylic acids is 2. The first-order valence-corrected chi connectivity index (χ1v) is 9.72. The second-order valence-electron chi connectivity index (χ2n) is 5.77. The van der Waals surface area contributed by atoms with Crippen LogP contribution in [-0.4, -0.2) is 47.8 Å². The van der Waals surface area contributed by atoms with E-state index in [0.29, 0.717) is 17.0 Å². The number of benzene rings is 1. The summed E-state index contributed by atoms with van der Waals surface area (Å²) in [5.74, 6) is -1.26. The SMILES string of the molecule is Cc1nn2cccnc2c1C(=O)OCC(=O)Nc1ccc(S(C)(=O)=O)cc1. The molecule has 3 aromatic rings. The molecular weight excluding hydrogens is 372 g/mol. The number of hydrogen-bond acceptors (Lipinski definition) is 7. The van der Waals surface area contributed by atoms with Crippen molar-refractivity contribution in [2.24, 2.45) is 0 Å². The lowest BCUT2D eigenvalue weighted by Crippen LogP contribution is -2.21.